The van der Waals surface area contributed by atoms with Crippen molar-refractivity contribution in [2.24, 2.45) is 5.10 Å². The van der Waals surface area contributed by atoms with Crippen molar-refractivity contribution >= 4 is 59.6 Å². The second-order valence-corrected chi connectivity index (χ2v) is 9.22. The number of benzene rings is 1. The van der Waals surface area contributed by atoms with E-state index in [9.17, 15) is 4.79 Å². The molecule has 0 amide bonds. The lowest BCUT2D eigenvalue weighted by molar-refractivity contribution is 0.409. The summed E-state index contributed by atoms with van der Waals surface area (Å²) in [6.45, 7) is 1.82. The summed E-state index contributed by atoms with van der Waals surface area (Å²) >= 11 is 8.63. The molecule has 0 bridgehead atoms. The Morgan fingerprint density at radius 1 is 1.26 bits per heavy atom. The van der Waals surface area contributed by atoms with Crippen molar-refractivity contribution in [3.63, 3.8) is 0 Å². The first-order valence-corrected chi connectivity index (χ1v) is 11.0. The van der Waals surface area contributed by atoms with E-state index < -0.39 is 0 Å². The molecule has 4 rings (SSSR count). The van der Waals surface area contributed by atoms with Gasteiger partial charge in [0.2, 0.25) is 0 Å². The van der Waals surface area contributed by atoms with Crippen molar-refractivity contribution in [2.45, 2.75) is 32.6 Å². The zero-order chi connectivity index (χ0) is 19.1. The van der Waals surface area contributed by atoms with Crippen LogP contribution in [0.3, 0.4) is 0 Å². The van der Waals surface area contributed by atoms with Crippen molar-refractivity contribution in [3.8, 4) is 5.75 Å². The van der Waals surface area contributed by atoms with Crippen LogP contribution in [0.15, 0.2) is 31.0 Å². The molecule has 2 heterocycles. The average molecular weight is 511 g/mol. The van der Waals surface area contributed by atoms with E-state index in [0.717, 1.165) is 44.0 Å². The van der Waals surface area contributed by atoms with Crippen LogP contribution in [-0.2, 0) is 12.8 Å². The number of rotatable bonds is 3. The summed E-state index contributed by atoms with van der Waals surface area (Å²) < 4.78 is 8.34. The van der Waals surface area contributed by atoms with Crippen molar-refractivity contribution in [2.75, 3.05) is 7.11 Å². The zero-order valence-corrected chi connectivity index (χ0v) is 18.9. The second kappa shape index (κ2) is 7.48. The van der Waals surface area contributed by atoms with Crippen LogP contribution in [-0.4, -0.2) is 23.0 Å². The number of thiophene rings is 1. The van der Waals surface area contributed by atoms with Gasteiger partial charge in [0.15, 0.2) is 0 Å². The lowest BCUT2D eigenvalue weighted by Gasteiger charge is -2.10. The molecule has 1 aliphatic rings. The summed E-state index contributed by atoms with van der Waals surface area (Å²) in [5, 5.41) is 5.18. The number of hydrogen-bond acceptors (Lipinski definition) is 5. The van der Waals surface area contributed by atoms with Gasteiger partial charge >= 0.3 is 0 Å². The van der Waals surface area contributed by atoms with Crippen LogP contribution < -0.4 is 10.3 Å². The van der Waals surface area contributed by atoms with Crippen molar-refractivity contribution in [1.29, 1.82) is 0 Å². The zero-order valence-electron chi connectivity index (χ0n) is 14.9. The van der Waals surface area contributed by atoms with Gasteiger partial charge in [-0.3, -0.25) is 4.79 Å². The van der Waals surface area contributed by atoms with E-state index in [0.29, 0.717) is 11.6 Å². The molecule has 1 aromatic carbocycles. The molecule has 27 heavy (non-hydrogen) atoms. The molecule has 2 aromatic heterocycles. The molecule has 0 aliphatic heterocycles. The molecule has 0 radical (unpaired) electrons. The largest absolute Gasteiger partial charge is 0.494 e. The predicted octanol–water partition coefficient (Wildman–Crippen LogP) is 5.06. The lowest BCUT2D eigenvalue weighted by atomic mass is 9.97. The van der Waals surface area contributed by atoms with Crippen LogP contribution in [0.25, 0.3) is 10.2 Å². The first-order valence-electron chi connectivity index (χ1n) is 8.61. The van der Waals surface area contributed by atoms with Gasteiger partial charge in [0, 0.05) is 4.88 Å². The molecule has 0 N–H and O–H groups in total. The Morgan fingerprint density at radius 2 is 1.96 bits per heavy atom. The molecule has 5 nitrogen and oxygen atoms in total. The molecule has 140 valence electrons. The summed E-state index contributed by atoms with van der Waals surface area (Å²) in [4.78, 5) is 19.9. The van der Waals surface area contributed by atoms with E-state index in [1.165, 1.54) is 21.5 Å². The van der Waals surface area contributed by atoms with Crippen molar-refractivity contribution in [1.82, 2.24) is 9.66 Å². The van der Waals surface area contributed by atoms with Gasteiger partial charge in [-0.1, -0.05) is 0 Å². The Hall–Kier alpha value is -1.51. The maximum Gasteiger partial charge on any atom is 0.283 e. The van der Waals surface area contributed by atoms with Crippen LogP contribution in [0.2, 0.25) is 0 Å². The second-order valence-electron chi connectivity index (χ2n) is 6.43. The molecular formula is C19H17Br2N3O2S. The number of aromatic nitrogens is 2. The average Bonchev–Trinajstić information content (AvgIpc) is 2.99. The number of hydrogen-bond donors (Lipinski definition) is 0. The van der Waals surface area contributed by atoms with Gasteiger partial charge in [-0.25, -0.2) is 4.98 Å². The maximum atomic E-state index is 13.1. The first-order chi connectivity index (χ1) is 13.0. The van der Waals surface area contributed by atoms with E-state index >= 15 is 0 Å². The fourth-order valence-electron chi connectivity index (χ4n) is 3.41. The van der Waals surface area contributed by atoms with Crippen LogP contribution >= 0.6 is 43.2 Å². The van der Waals surface area contributed by atoms with Gasteiger partial charge in [-0.05, 0) is 87.7 Å². The number of fused-ring (bicyclic) bond motifs is 3. The quantitative estimate of drug-likeness (QED) is 0.462. The maximum absolute atomic E-state index is 13.1. The third-order valence-electron chi connectivity index (χ3n) is 4.68. The summed E-state index contributed by atoms with van der Waals surface area (Å²) in [6.07, 6.45) is 5.98. The van der Waals surface area contributed by atoms with Gasteiger partial charge in [0.25, 0.3) is 5.56 Å². The van der Waals surface area contributed by atoms with E-state index in [1.54, 1.807) is 24.7 Å². The van der Waals surface area contributed by atoms with E-state index in [4.69, 9.17) is 4.74 Å². The van der Waals surface area contributed by atoms with Crippen LogP contribution in [0.1, 0.15) is 34.7 Å². The summed E-state index contributed by atoms with van der Waals surface area (Å²) in [6, 6.07) is 3.79. The third-order valence-corrected chi connectivity index (χ3v) is 7.04. The minimum atomic E-state index is -0.0835. The molecule has 0 spiro atoms. The molecule has 0 atom stereocenters. The highest BCUT2D eigenvalue weighted by Gasteiger charge is 2.21. The number of nitrogens with zero attached hydrogens (tertiary/aromatic N) is 3. The fourth-order valence-corrected chi connectivity index (χ4v) is 6.25. The van der Waals surface area contributed by atoms with E-state index in [2.05, 4.69) is 41.9 Å². The molecule has 0 fully saturated rings. The van der Waals surface area contributed by atoms with Gasteiger partial charge in [-0.2, -0.15) is 9.78 Å². The number of aryl methyl sites for hydroxylation is 3. The van der Waals surface area contributed by atoms with Gasteiger partial charge in [-0.15, -0.1) is 11.3 Å². The Morgan fingerprint density at radius 3 is 2.67 bits per heavy atom. The predicted molar refractivity (Wildman–Crippen MR) is 117 cm³/mol. The number of ether oxygens (including phenoxy) is 1. The minimum Gasteiger partial charge on any atom is -0.494 e. The van der Waals surface area contributed by atoms with Gasteiger partial charge in [0.05, 0.1) is 27.7 Å². The summed E-state index contributed by atoms with van der Waals surface area (Å²) in [7, 11) is 1.62. The Kier molecular flexibility index (Phi) is 5.22. The fraction of sp³-hybridized carbons (Fsp3) is 0.316. The highest BCUT2D eigenvalue weighted by molar-refractivity contribution is 9.11. The highest BCUT2D eigenvalue weighted by Crippen LogP contribution is 2.35. The van der Waals surface area contributed by atoms with Gasteiger partial charge in [0.1, 0.15) is 16.4 Å². The van der Waals surface area contributed by atoms with E-state index in [1.807, 2.05) is 19.1 Å². The van der Waals surface area contributed by atoms with Gasteiger partial charge < -0.3 is 4.74 Å². The molecule has 0 saturated heterocycles. The Bertz CT molecular complexity index is 1110. The molecule has 0 unspecified atom stereocenters. The van der Waals surface area contributed by atoms with Crippen LogP contribution in [0.5, 0.6) is 5.75 Å². The lowest BCUT2D eigenvalue weighted by Crippen LogP contribution is -2.21. The minimum absolute atomic E-state index is 0.0835. The van der Waals surface area contributed by atoms with Crippen molar-refractivity contribution < 1.29 is 4.74 Å². The standard InChI is InChI=1S/C19H17Br2N3O2S/c1-10-23-18-16(12-5-3-4-6-15(12)27-18)19(25)24(10)22-9-11-7-13(20)17(26-2)14(21)8-11/h7-9H,3-6H2,1-2H3/b22-9-. The van der Waals surface area contributed by atoms with Crippen molar-refractivity contribution in [3.05, 3.63) is 53.3 Å². The summed E-state index contributed by atoms with van der Waals surface area (Å²) in [5.74, 6) is 1.31. The van der Waals surface area contributed by atoms with E-state index in [-0.39, 0.29) is 5.56 Å². The molecule has 1 aliphatic carbocycles. The Balaban J connectivity index is 1.80. The topological polar surface area (TPSA) is 56.5 Å². The molecule has 0 saturated carbocycles. The third kappa shape index (κ3) is 3.39. The number of halogens is 2. The monoisotopic (exact) mass is 509 g/mol. The smallest absolute Gasteiger partial charge is 0.283 e. The summed E-state index contributed by atoms with van der Waals surface area (Å²) in [5.41, 5.74) is 1.94. The first kappa shape index (κ1) is 18.8. The SMILES string of the molecule is COc1c(Br)cc(/C=N\n2c(C)nc3sc4c(c3c2=O)CCCC4)cc1Br. The Labute approximate surface area is 177 Å². The van der Waals surface area contributed by atoms with Crippen LogP contribution in [0, 0.1) is 6.92 Å². The highest BCUT2D eigenvalue weighted by atomic mass is 79.9. The molecular weight excluding hydrogens is 494 g/mol. The normalized spacial score (nSPS) is 14.1. The molecule has 8 heteroatoms. The molecule has 3 aromatic rings. The number of methoxy groups -OCH3 is 1. The van der Waals surface area contributed by atoms with Crippen LogP contribution in [0.4, 0.5) is 0 Å².